The Labute approximate surface area is 113 Å². The van der Waals surface area contributed by atoms with Gasteiger partial charge in [-0.1, -0.05) is 13.0 Å². The number of nitrogens with zero attached hydrogens (tertiary/aromatic N) is 1. The Balaban J connectivity index is 2.05. The largest absolute Gasteiger partial charge is 0.335 e. The first-order valence-corrected chi connectivity index (χ1v) is 7.70. The van der Waals surface area contributed by atoms with E-state index in [2.05, 4.69) is 11.8 Å². The molecule has 0 radical (unpaired) electrons. The summed E-state index contributed by atoms with van der Waals surface area (Å²) in [7, 11) is 0. The molecule has 1 fully saturated rings. The number of carbonyl (C=O) groups is 1. The van der Waals surface area contributed by atoms with E-state index in [1.807, 2.05) is 17.5 Å². The number of hydrogen-bond donors (Lipinski definition) is 1. The van der Waals surface area contributed by atoms with Crippen molar-refractivity contribution in [3.8, 4) is 0 Å². The predicted molar refractivity (Wildman–Crippen MR) is 75.9 cm³/mol. The second-order valence-corrected chi connectivity index (χ2v) is 5.99. The maximum atomic E-state index is 12.5. The van der Waals surface area contributed by atoms with Gasteiger partial charge in [-0.25, -0.2) is 0 Å². The van der Waals surface area contributed by atoms with Crippen molar-refractivity contribution in [3.63, 3.8) is 0 Å². The minimum atomic E-state index is 0.201. The van der Waals surface area contributed by atoms with Crippen LogP contribution in [-0.2, 0) is 0 Å². The molecule has 100 valence electrons. The average Bonchev–Trinajstić information content (AvgIpc) is 2.90. The molecule has 1 aromatic heterocycles. The average molecular weight is 266 g/mol. The van der Waals surface area contributed by atoms with E-state index in [1.165, 1.54) is 11.3 Å². The maximum absolute atomic E-state index is 12.5. The molecule has 0 aromatic carbocycles. The highest BCUT2D eigenvalue weighted by Crippen LogP contribution is 2.24. The van der Waals surface area contributed by atoms with Gasteiger partial charge in [-0.05, 0) is 43.6 Å². The van der Waals surface area contributed by atoms with Gasteiger partial charge < -0.3 is 10.6 Å². The molecular weight excluding hydrogens is 244 g/mol. The molecule has 0 unspecified atom stereocenters. The Morgan fingerprint density at radius 1 is 1.44 bits per heavy atom. The van der Waals surface area contributed by atoms with E-state index in [-0.39, 0.29) is 5.91 Å². The molecule has 1 heterocycles. The second-order valence-electron chi connectivity index (χ2n) is 5.04. The smallest absolute Gasteiger partial charge is 0.264 e. The van der Waals surface area contributed by atoms with Crippen LogP contribution >= 0.6 is 11.3 Å². The van der Waals surface area contributed by atoms with Crippen molar-refractivity contribution >= 4 is 17.2 Å². The van der Waals surface area contributed by atoms with Crippen molar-refractivity contribution in [1.82, 2.24) is 4.90 Å². The van der Waals surface area contributed by atoms with E-state index in [9.17, 15) is 4.79 Å². The van der Waals surface area contributed by atoms with E-state index in [4.69, 9.17) is 5.73 Å². The summed E-state index contributed by atoms with van der Waals surface area (Å²) in [6.45, 7) is 2.99. The van der Waals surface area contributed by atoms with Gasteiger partial charge in [-0.3, -0.25) is 4.79 Å². The molecule has 3 nitrogen and oxygen atoms in total. The van der Waals surface area contributed by atoms with Gasteiger partial charge in [0.1, 0.15) is 0 Å². The molecule has 0 atom stereocenters. The van der Waals surface area contributed by atoms with Gasteiger partial charge in [0.05, 0.1) is 4.88 Å². The van der Waals surface area contributed by atoms with E-state index >= 15 is 0 Å². The molecule has 1 saturated carbocycles. The van der Waals surface area contributed by atoms with Gasteiger partial charge in [0, 0.05) is 18.6 Å². The first-order chi connectivity index (χ1) is 8.72. The Hall–Kier alpha value is -0.870. The standard InChI is InChI=1S/C14H22N2OS/c1-2-9-16(12-7-5-11(15)6-8-12)14(17)13-4-3-10-18-13/h3-4,10-12H,2,5-9,15H2,1H3. The Kier molecular flexibility index (Phi) is 4.78. The van der Waals surface area contributed by atoms with Crippen LogP contribution in [0.3, 0.4) is 0 Å². The van der Waals surface area contributed by atoms with Crippen molar-refractivity contribution in [2.24, 2.45) is 5.73 Å². The van der Waals surface area contributed by atoms with Gasteiger partial charge in [0.2, 0.25) is 0 Å². The van der Waals surface area contributed by atoms with Gasteiger partial charge in [0.15, 0.2) is 0 Å². The number of hydrogen-bond acceptors (Lipinski definition) is 3. The maximum Gasteiger partial charge on any atom is 0.264 e. The van der Waals surface area contributed by atoms with Gasteiger partial charge >= 0.3 is 0 Å². The normalized spacial score (nSPS) is 23.9. The van der Waals surface area contributed by atoms with Crippen LogP contribution in [0, 0.1) is 0 Å². The summed E-state index contributed by atoms with van der Waals surface area (Å²) in [5.41, 5.74) is 5.94. The number of amides is 1. The van der Waals surface area contributed by atoms with Crippen LogP contribution < -0.4 is 5.73 Å². The zero-order chi connectivity index (χ0) is 13.0. The van der Waals surface area contributed by atoms with E-state index < -0.39 is 0 Å². The fraction of sp³-hybridized carbons (Fsp3) is 0.643. The molecule has 1 aromatic rings. The lowest BCUT2D eigenvalue weighted by atomic mass is 9.90. The van der Waals surface area contributed by atoms with Crippen LogP contribution in [0.15, 0.2) is 17.5 Å². The zero-order valence-electron chi connectivity index (χ0n) is 11.0. The lowest BCUT2D eigenvalue weighted by molar-refractivity contribution is 0.0632. The fourth-order valence-corrected chi connectivity index (χ4v) is 3.32. The van der Waals surface area contributed by atoms with Crippen LogP contribution in [0.25, 0.3) is 0 Å². The van der Waals surface area contributed by atoms with E-state index in [0.717, 1.165) is 43.5 Å². The van der Waals surface area contributed by atoms with Crippen LogP contribution in [0.4, 0.5) is 0 Å². The third-order valence-electron chi connectivity index (χ3n) is 3.64. The highest BCUT2D eigenvalue weighted by atomic mass is 32.1. The lowest BCUT2D eigenvalue weighted by Crippen LogP contribution is -2.44. The minimum absolute atomic E-state index is 0.201. The summed E-state index contributed by atoms with van der Waals surface area (Å²) >= 11 is 1.53. The minimum Gasteiger partial charge on any atom is -0.335 e. The topological polar surface area (TPSA) is 46.3 Å². The van der Waals surface area contributed by atoms with Gasteiger partial charge in [-0.2, -0.15) is 0 Å². The van der Waals surface area contributed by atoms with Crippen LogP contribution in [0.2, 0.25) is 0 Å². The monoisotopic (exact) mass is 266 g/mol. The molecule has 1 amide bonds. The van der Waals surface area contributed by atoms with E-state index in [1.54, 1.807) is 0 Å². The fourth-order valence-electron chi connectivity index (χ4n) is 2.65. The van der Waals surface area contributed by atoms with Crippen molar-refractivity contribution < 1.29 is 4.79 Å². The summed E-state index contributed by atoms with van der Waals surface area (Å²) in [5, 5.41) is 1.97. The highest BCUT2D eigenvalue weighted by molar-refractivity contribution is 7.12. The van der Waals surface area contributed by atoms with Crippen molar-refractivity contribution in [3.05, 3.63) is 22.4 Å². The Bertz CT molecular complexity index is 369. The molecule has 0 aliphatic heterocycles. The van der Waals surface area contributed by atoms with Crippen LogP contribution in [-0.4, -0.2) is 29.4 Å². The van der Waals surface area contributed by atoms with Crippen molar-refractivity contribution in [2.45, 2.75) is 51.1 Å². The van der Waals surface area contributed by atoms with E-state index in [0.29, 0.717) is 12.1 Å². The Morgan fingerprint density at radius 3 is 2.72 bits per heavy atom. The number of nitrogens with two attached hydrogens (primary N) is 1. The zero-order valence-corrected chi connectivity index (χ0v) is 11.8. The third-order valence-corrected chi connectivity index (χ3v) is 4.50. The Morgan fingerprint density at radius 2 is 2.17 bits per heavy atom. The molecule has 2 rings (SSSR count). The summed E-state index contributed by atoms with van der Waals surface area (Å²) in [6, 6.07) is 4.59. The number of rotatable bonds is 4. The molecule has 0 spiro atoms. The summed E-state index contributed by atoms with van der Waals surface area (Å²) in [5.74, 6) is 0.201. The quantitative estimate of drug-likeness (QED) is 0.911. The predicted octanol–water partition coefficient (Wildman–Crippen LogP) is 2.87. The number of carbonyl (C=O) groups excluding carboxylic acids is 1. The van der Waals surface area contributed by atoms with Crippen LogP contribution in [0.1, 0.15) is 48.7 Å². The lowest BCUT2D eigenvalue weighted by Gasteiger charge is -2.35. The molecule has 0 saturated heterocycles. The molecule has 1 aliphatic carbocycles. The molecule has 4 heteroatoms. The molecular formula is C14H22N2OS. The van der Waals surface area contributed by atoms with Crippen molar-refractivity contribution in [1.29, 1.82) is 0 Å². The first-order valence-electron chi connectivity index (χ1n) is 6.82. The SMILES string of the molecule is CCCN(C(=O)c1cccs1)C1CCC(N)CC1. The molecule has 2 N–H and O–H groups in total. The van der Waals surface area contributed by atoms with Crippen molar-refractivity contribution in [2.75, 3.05) is 6.54 Å². The van der Waals surface area contributed by atoms with Gasteiger partial charge in [-0.15, -0.1) is 11.3 Å². The van der Waals surface area contributed by atoms with Gasteiger partial charge in [0.25, 0.3) is 5.91 Å². The second kappa shape index (κ2) is 6.34. The summed E-state index contributed by atoms with van der Waals surface area (Å²) in [4.78, 5) is 15.4. The molecule has 0 bridgehead atoms. The molecule has 18 heavy (non-hydrogen) atoms. The summed E-state index contributed by atoms with van der Waals surface area (Å²) < 4.78 is 0. The first kappa shape index (κ1) is 13.6. The third kappa shape index (κ3) is 3.12. The number of thiophene rings is 1. The highest BCUT2D eigenvalue weighted by Gasteiger charge is 2.28. The summed E-state index contributed by atoms with van der Waals surface area (Å²) in [6.07, 6.45) is 5.21. The molecule has 1 aliphatic rings. The van der Waals surface area contributed by atoms with Crippen LogP contribution in [0.5, 0.6) is 0 Å².